The molecule has 0 spiro atoms. The minimum Gasteiger partial charge on any atom is -0.461 e. The molecule has 1 atom stereocenters. The van der Waals surface area contributed by atoms with Crippen molar-refractivity contribution in [3.05, 3.63) is 58.6 Å². The summed E-state index contributed by atoms with van der Waals surface area (Å²) in [4.78, 5) is 25.7. The smallest absolute Gasteiger partial charge is 0.321 e. The number of carbonyl (C=O) groups is 2. The number of hydrogen-bond donors (Lipinski definition) is 1. The van der Waals surface area contributed by atoms with Crippen molar-refractivity contribution < 1.29 is 32.6 Å². The number of fused-ring (bicyclic) bond motifs is 1. The molecular formula is C26H29ClN2O7S. The van der Waals surface area contributed by atoms with Crippen LogP contribution < -0.4 is 4.90 Å². The van der Waals surface area contributed by atoms with Gasteiger partial charge in [0, 0.05) is 25.3 Å². The standard InChI is InChI=1S/C26H29ClN2O7S/c1-17-11-22(27)21-13-25(28(2)23(21)12-17)29(16-31)24(14-30)18-3-5-20(6-4-18)37(33,34)15-26(32)36-19-7-9-35-10-8-19/h3-6,11-13,16,19,24,30H,7-10,14-15H2,1-2H3/t24-/m1/s1. The van der Waals surface area contributed by atoms with Gasteiger partial charge in [-0.05, 0) is 48.4 Å². The lowest BCUT2D eigenvalue weighted by molar-refractivity contribution is -0.149. The molecule has 1 N–H and O–H groups in total. The molecule has 0 aliphatic carbocycles. The molecule has 1 fully saturated rings. The Kier molecular flexibility index (Phi) is 8.23. The van der Waals surface area contributed by atoms with Gasteiger partial charge in [-0.25, -0.2) is 8.42 Å². The number of rotatable bonds is 9. The third-order valence-corrected chi connectivity index (χ3v) is 8.43. The Bertz CT molecular complexity index is 1400. The quantitative estimate of drug-likeness (QED) is 0.322. The highest BCUT2D eigenvalue weighted by Crippen LogP contribution is 2.35. The van der Waals surface area contributed by atoms with Gasteiger partial charge >= 0.3 is 5.97 Å². The first-order valence-corrected chi connectivity index (χ1v) is 13.9. The Labute approximate surface area is 220 Å². The molecule has 0 bridgehead atoms. The predicted octanol–water partition coefficient (Wildman–Crippen LogP) is 3.33. The van der Waals surface area contributed by atoms with Gasteiger partial charge in [0.05, 0.1) is 41.3 Å². The summed E-state index contributed by atoms with van der Waals surface area (Å²) >= 11 is 6.41. The summed E-state index contributed by atoms with van der Waals surface area (Å²) in [5.41, 5.74) is 2.32. The van der Waals surface area contributed by atoms with Crippen LogP contribution in [0.3, 0.4) is 0 Å². The lowest BCUT2D eigenvalue weighted by atomic mass is 10.1. The molecule has 1 aromatic heterocycles. The van der Waals surface area contributed by atoms with Crippen LogP contribution in [-0.2, 0) is 35.9 Å². The maximum atomic E-state index is 12.8. The van der Waals surface area contributed by atoms with Gasteiger partial charge in [0.1, 0.15) is 11.9 Å². The molecule has 198 valence electrons. The van der Waals surface area contributed by atoms with Crippen LogP contribution in [0.2, 0.25) is 5.02 Å². The van der Waals surface area contributed by atoms with Gasteiger partial charge in [-0.15, -0.1) is 0 Å². The number of sulfone groups is 1. The lowest BCUT2D eigenvalue weighted by Gasteiger charge is -2.27. The number of nitrogens with zero attached hydrogens (tertiary/aromatic N) is 2. The highest BCUT2D eigenvalue weighted by Gasteiger charge is 2.27. The second-order valence-corrected chi connectivity index (χ2v) is 11.5. The Morgan fingerprint density at radius 2 is 1.92 bits per heavy atom. The molecule has 2 heterocycles. The number of aliphatic hydroxyl groups excluding tert-OH is 1. The van der Waals surface area contributed by atoms with Crippen LogP contribution in [0, 0.1) is 6.92 Å². The zero-order valence-electron chi connectivity index (χ0n) is 20.6. The largest absolute Gasteiger partial charge is 0.461 e. The van der Waals surface area contributed by atoms with E-state index >= 15 is 0 Å². The van der Waals surface area contributed by atoms with Gasteiger partial charge in [-0.2, -0.15) is 0 Å². The van der Waals surface area contributed by atoms with Crippen molar-refractivity contribution in [3.8, 4) is 0 Å². The minimum atomic E-state index is -3.94. The second kappa shape index (κ2) is 11.2. The van der Waals surface area contributed by atoms with Crippen molar-refractivity contribution in [3.63, 3.8) is 0 Å². The fourth-order valence-electron chi connectivity index (χ4n) is 4.54. The molecule has 0 saturated carbocycles. The first-order valence-electron chi connectivity index (χ1n) is 11.8. The van der Waals surface area contributed by atoms with E-state index in [2.05, 4.69) is 0 Å². The lowest BCUT2D eigenvalue weighted by Crippen LogP contribution is -2.31. The van der Waals surface area contributed by atoms with Crippen molar-refractivity contribution in [1.29, 1.82) is 0 Å². The van der Waals surface area contributed by atoms with Crippen molar-refractivity contribution >= 4 is 50.5 Å². The number of carbonyl (C=O) groups excluding carboxylic acids is 2. The number of aryl methyl sites for hydroxylation is 2. The molecule has 11 heteroatoms. The third-order valence-electron chi connectivity index (χ3n) is 6.52. The van der Waals surface area contributed by atoms with Crippen LogP contribution in [-0.4, -0.2) is 62.1 Å². The van der Waals surface area contributed by atoms with Gasteiger partial charge in [0.15, 0.2) is 15.6 Å². The molecule has 2 aromatic carbocycles. The van der Waals surface area contributed by atoms with E-state index in [1.54, 1.807) is 13.1 Å². The van der Waals surface area contributed by atoms with E-state index in [-0.39, 0.29) is 11.0 Å². The molecule has 9 nitrogen and oxygen atoms in total. The number of aliphatic hydroxyl groups is 1. The van der Waals surface area contributed by atoms with Crippen LogP contribution >= 0.6 is 11.6 Å². The summed E-state index contributed by atoms with van der Waals surface area (Å²) < 4.78 is 37.9. The highest BCUT2D eigenvalue weighted by molar-refractivity contribution is 7.92. The fourth-order valence-corrected chi connectivity index (χ4v) is 5.96. The Balaban J connectivity index is 1.55. The number of esters is 1. The fraction of sp³-hybridized carbons (Fsp3) is 0.385. The SMILES string of the molecule is Cc1cc(Cl)c2cc(N(C=O)[C@H](CO)c3ccc(S(=O)(=O)CC(=O)OC4CCOCC4)cc3)n(C)c2c1. The van der Waals surface area contributed by atoms with Gasteiger partial charge in [-0.1, -0.05) is 23.7 Å². The van der Waals surface area contributed by atoms with Gasteiger partial charge in [0.25, 0.3) is 0 Å². The Morgan fingerprint density at radius 1 is 1.24 bits per heavy atom. The Hall–Kier alpha value is -2.92. The topological polar surface area (TPSA) is 115 Å². The number of anilines is 1. The van der Waals surface area contributed by atoms with Crippen LogP contribution in [0.1, 0.15) is 30.0 Å². The van der Waals surface area contributed by atoms with Crippen LogP contribution in [0.4, 0.5) is 5.82 Å². The van der Waals surface area contributed by atoms with E-state index < -0.39 is 34.2 Å². The molecule has 1 aliphatic heterocycles. The minimum absolute atomic E-state index is 0.0543. The number of aromatic nitrogens is 1. The van der Waals surface area contributed by atoms with E-state index in [4.69, 9.17) is 21.1 Å². The summed E-state index contributed by atoms with van der Waals surface area (Å²) in [5.74, 6) is -1.06. The van der Waals surface area contributed by atoms with Crippen LogP contribution in [0.15, 0.2) is 47.4 Å². The van der Waals surface area contributed by atoms with E-state index in [9.17, 15) is 23.1 Å². The summed E-state index contributed by atoms with van der Waals surface area (Å²) in [7, 11) is -2.14. The second-order valence-electron chi connectivity index (χ2n) is 9.08. The summed E-state index contributed by atoms with van der Waals surface area (Å²) in [6, 6.07) is 10.5. The summed E-state index contributed by atoms with van der Waals surface area (Å²) in [5, 5.41) is 11.5. The van der Waals surface area contributed by atoms with Crippen molar-refractivity contribution in [2.75, 3.05) is 30.5 Å². The Morgan fingerprint density at radius 3 is 2.54 bits per heavy atom. The summed E-state index contributed by atoms with van der Waals surface area (Å²) in [6.07, 6.45) is 1.36. The molecule has 1 saturated heterocycles. The van der Waals surface area contributed by atoms with E-state index in [0.717, 1.165) is 16.5 Å². The number of amides is 1. The van der Waals surface area contributed by atoms with E-state index in [0.29, 0.717) is 48.9 Å². The zero-order chi connectivity index (χ0) is 26.7. The van der Waals surface area contributed by atoms with Crippen LogP contribution in [0.25, 0.3) is 10.9 Å². The molecule has 37 heavy (non-hydrogen) atoms. The van der Waals surface area contributed by atoms with Crippen molar-refractivity contribution in [2.45, 2.75) is 36.8 Å². The molecule has 4 rings (SSSR count). The van der Waals surface area contributed by atoms with Gasteiger partial charge < -0.3 is 19.1 Å². The zero-order valence-corrected chi connectivity index (χ0v) is 22.2. The normalized spacial score (nSPS) is 15.5. The average Bonchev–Trinajstić information content (AvgIpc) is 3.19. The van der Waals surface area contributed by atoms with Crippen molar-refractivity contribution in [2.24, 2.45) is 7.05 Å². The predicted molar refractivity (Wildman–Crippen MR) is 139 cm³/mol. The van der Waals surface area contributed by atoms with E-state index in [1.165, 1.54) is 29.2 Å². The van der Waals surface area contributed by atoms with E-state index in [1.807, 2.05) is 23.6 Å². The number of ether oxygens (including phenoxy) is 2. The third kappa shape index (κ3) is 5.82. The van der Waals surface area contributed by atoms with Gasteiger partial charge in [-0.3, -0.25) is 14.5 Å². The highest BCUT2D eigenvalue weighted by atomic mass is 35.5. The van der Waals surface area contributed by atoms with Crippen LogP contribution in [0.5, 0.6) is 0 Å². The first kappa shape index (κ1) is 27.1. The molecule has 1 aliphatic rings. The monoisotopic (exact) mass is 548 g/mol. The van der Waals surface area contributed by atoms with Gasteiger partial charge in [0.2, 0.25) is 6.41 Å². The molecule has 1 amide bonds. The number of hydrogen-bond acceptors (Lipinski definition) is 7. The van der Waals surface area contributed by atoms with Crippen molar-refractivity contribution in [1.82, 2.24) is 4.57 Å². The maximum absolute atomic E-state index is 12.8. The molecular weight excluding hydrogens is 520 g/mol. The average molecular weight is 549 g/mol. The first-order chi connectivity index (χ1) is 17.6. The molecule has 0 unspecified atom stereocenters. The summed E-state index contributed by atoms with van der Waals surface area (Å²) in [6.45, 7) is 2.46. The maximum Gasteiger partial charge on any atom is 0.321 e. The molecule has 3 aromatic rings. The number of halogens is 1. The number of benzene rings is 2. The molecule has 0 radical (unpaired) electrons.